The maximum Gasteiger partial charge on any atom is 0.358 e. The first-order chi connectivity index (χ1) is 12.4. The normalized spacial score (nSPS) is 23.8. The summed E-state index contributed by atoms with van der Waals surface area (Å²) in [6, 6.07) is 5.79. The van der Waals surface area contributed by atoms with Crippen LogP contribution in [0.25, 0.3) is 0 Å². The molecule has 3 rings (SSSR count). The van der Waals surface area contributed by atoms with Crippen LogP contribution < -0.4 is 0 Å². The number of carboxylic acids is 1. The van der Waals surface area contributed by atoms with E-state index in [1.807, 2.05) is 6.92 Å². The number of hydrogen-bond donors (Lipinski definition) is 1. The van der Waals surface area contributed by atoms with E-state index in [2.05, 4.69) is 5.16 Å². The number of aliphatic carboxylic acids is 1. The summed E-state index contributed by atoms with van der Waals surface area (Å²) in [6.07, 6.45) is 3.64. The number of sulfone groups is 1. The Bertz CT molecular complexity index is 782. The molecule has 7 nitrogen and oxygen atoms in total. The van der Waals surface area contributed by atoms with Crippen LogP contribution >= 0.6 is 0 Å². The Morgan fingerprint density at radius 3 is 2.38 bits per heavy atom. The SMILES string of the molecule is CCO[C@@H]1CC[C@@H](O/N=C(/C(=O)O)c2ccc(S(=O)(=O)C3CC3)cc2)C1. The van der Waals surface area contributed by atoms with E-state index in [0.717, 1.165) is 12.8 Å². The van der Waals surface area contributed by atoms with Gasteiger partial charge in [0.1, 0.15) is 6.10 Å². The first kappa shape index (κ1) is 18.8. The summed E-state index contributed by atoms with van der Waals surface area (Å²) in [5.41, 5.74) is 0.0758. The van der Waals surface area contributed by atoms with Crippen molar-refractivity contribution in [1.29, 1.82) is 0 Å². The Balaban J connectivity index is 1.70. The Morgan fingerprint density at radius 1 is 1.15 bits per heavy atom. The lowest BCUT2D eigenvalue weighted by Crippen LogP contribution is -2.18. The van der Waals surface area contributed by atoms with Crippen LogP contribution in [-0.2, 0) is 24.2 Å². The molecule has 2 saturated carbocycles. The van der Waals surface area contributed by atoms with Gasteiger partial charge in [-0.1, -0.05) is 17.3 Å². The molecule has 0 spiro atoms. The zero-order valence-corrected chi connectivity index (χ0v) is 15.4. The maximum absolute atomic E-state index is 12.2. The van der Waals surface area contributed by atoms with Crippen LogP contribution in [0.4, 0.5) is 0 Å². The van der Waals surface area contributed by atoms with E-state index in [1.54, 1.807) is 0 Å². The molecule has 2 fully saturated rings. The van der Waals surface area contributed by atoms with Crippen molar-refractivity contribution in [3.05, 3.63) is 29.8 Å². The zero-order chi connectivity index (χ0) is 18.7. The van der Waals surface area contributed by atoms with Gasteiger partial charge in [-0.15, -0.1) is 0 Å². The number of carbonyl (C=O) groups is 1. The van der Waals surface area contributed by atoms with Crippen molar-refractivity contribution in [2.75, 3.05) is 6.61 Å². The van der Waals surface area contributed by atoms with Crippen LogP contribution in [-0.4, -0.2) is 49.3 Å². The topological polar surface area (TPSA) is 102 Å². The quantitative estimate of drug-likeness (QED) is 0.548. The van der Waals surface area contributed by atoms with Gasteiger partial charge in [-0.05, 0) is 44.7 Å². The number of oxime groups is 1. The second kappa shape index (κ2) is 7.75. The average Bonchev–Trinajstić information content (AvgIpc) is 3.38. The lowest BCUT2D eigenvalue weighted by molar-refractivity contribution is -0.129. The van der Waals surface area contributed by atoms with Crippen molar-refractivity contribution >= 4 is 21.5 Å². The molecule has 0 unspecified atom stereocenters. The van der Waals surface area contributed by atoms with E-state index in [0.29, 0.717) is 31.4 Å². The predicted molar refractivity (Wildman–Crippen MR) is 95.0 cm³/mol. The standard InChI is InChI=1S/C18H23NO6S/c1-2-24-13-5-6-14(11-13)25-19-17(18(20)21)12-3-7-15(8-4-12)26(22,23)16-9-10-16/h3-4,7-8,13-14,16H,2,5-6,9-11H2,1H3,(H,20,21)/b19-17+/t13-,14-/m1/s1. The number of ether oxygens (including phenoxy) is 1. The van der Waals surface area contributed by atoms with Gasteiger partial charge >= 0.3 is 5.97 Å². The molecule has 142 valence electrons. The van der Waals surface area contributed by atoms with Crippen molar-refractivity contribution in [3.8, 4) is 0 Å². The molecule has 2 aliphatic rings. The molecular weight excluding hydrogens is 358 g/mol. The third-order valence-corrected chi connectivity index (χ3v) is 6.93. The minimum absolute atomic E-state index is 0.125. The van der Waals surface area contributed by atoms with Crippen molar-refractivity contribution in [3.63, 3.8) is 0 Å². The molecule has 26 heavy (non-hydrogen) atoms. The van der Waals surface area contributed by atoms with Crippen LogP contribution in [0.2, 0.25) is 0 Å². The molecule has 2 aliphatic carbocycles. The Morgan fingerprint density at radius 2 is 1.81 bits per heavy atom. The van der Waals surface area contributed by atoms with Crippen molar-refractivity contribution < 1.29 is 27.9 Å². The van der Waals surface area contributed by atoms with Crippen LogP contribution in [0.15, 0.2) is 34.3 Å². The summed E-state index contributed by atoms with van der Waals surface area (Å²) in [5, 5.41) is 12.9. The Labute approximate surface area is 152 Å². The van der Waals surface area contributed by atoms with Gasteiger partial charge in [0.05, 0.1) is 16.2 Å². The van der Waals surface area contributed by atoms with Gasteiger partial charge in [0.2, 0.25) is 0 Å². The van der Waals surface area contributed by atoms with E-state index in [-0.39, 0.29) is 28.1 Å². The van der Waals surface area contributed by atoms with Gasteiger partial charge in [-0.3, -0.25) is 0 Å². The van der Waals surface area contributed by atoms with Crippen LogP contribution in [0.5, 0.6) is 0 Å². The molecule has 0 radical (unpaired) electrons. The van der Waals surface area contributed by atoms with E-state index >= 15 is 0 Å². The summed E-state index contributed by atoms with van der Waals surface area (Å²) in [7, 11) is -3.30. The van der Waals surface area contributed by atoms with Crippen LogP contribution in [0.3, 0.4) is 0 Å². The van der Waals surface area contributed by atoms with Crippen LogP contribution in [0.1, 0.15) is 44.6 Å². The molecule has 0 aliphatic heterocycles. The number of nitrogens with zero attached hydrogens (tertiary/aromatic N) is 1. The third-order valence-electron chi connectivity index (χ3n) is 4.65. The fourth-order valence-electron chi connectivity index (χ4n) is 3.10. The monoisotopic (exact) mass is 381 g/mol. The molecule has 0 amide bonds. The predicted octanol–water partition coefficient (Wildman–Crippen LogP) is 2.39. The third kappa shape index (κ3) is 4.24. The first-order valence-corrected chi connectivity index (χ1v) is 10.4. The summed E-state index contributed by atoms with van der Waals surface area (Å²) in [4.78, 5) is 17.1. The second-order valence-corrected chi connectivity index (χ2v) is 8.86. The van der Waals surface area contributed by atoms with Crippen molar-refractivity contribution in [1.82, 2.24) is 0 Å². The summed E-state index contributed by atoms with van der Waals surface area (Å²) >= 11 is 0. The molecule has 0 bridgehead atoms. The Hall–Kier alpha value is -1.93. The van der Waals surface area contributed by atoms with Gasteiger partial charge < -0.3 is 14.7 Å². The number of hydrogen-bond acceptors (Lipinski definition) is 6. The van der Waals surface area contributed by atoms with Gasteiger partial charge in [-0.2, -0.15) is 0 Å². The fourth-order valence-corrected chi connectivity index (χ4v) is 4.76. The molecule has 8 heteroatoms. The highest BCUT2D eigenvalue weighted by Crippen LogP contribution is 2.33. The van der Waals surface area contributed by atoms with Gasteiger partial charge in [0.25, 0.3) is 0 Å². The number of carboxylic acid groups (broad SMARTS) is 1. The molecule has 1 N–H and O–H groups in total. The Kier molecular flexibility index (Phi) is 5.62. The molecule has 2 atom stereocenters. The molecule has 0 heterocycles. The molecule has 0 aromatic heterocycles. The van der Waals surface area contributed by atoms with Crippen molar-refractivity contribution in [2.24, 2.45) is 5.16 Å². The van der Waals surface area contributed by atoms with Crippen LogP contribution in [0, 0.1) is 0 Å². The van der Waals surface area contributed by atoms with E-state index in [1.165, 1.54) is 24.3 Å². The lowest BCUT2D eigenvalue weighted by Gasteiger charge is -2.11. The summed E-state index contributed by atoms with van der Waals surface area (Å²) in [5.74, 6) is -1.22. The number of rotatable bonds is 8. The van der Waals surface area contributed by atoms with Gasteiger partial charge in [0, 0.05) is 18.6 Å². The lowest BCUT2D eigenvalue weighted by atomic mass is 10.1. The second-order valence-electron chi connectivity index (χ2n) is 6.63. The zero-order valence-electron chi connectivity index (χ0n) is 14.6. The fraction of sp³-hybridized carbons (Fsp3) is 0.556. The summed E-state index contributed by atoms with van der Waals surface area (Å²) < 4.78 is 30.0. The largest absolute Gasteiger partial charge is 0.476 e. The minimum atomic E-state index is -3.30. The van der Waals surface area contributed by atoms with E-state index in [9.17, 15) is 18.3 Å². The number of benzene rings is 1. The summed E-state index contributed by atoms with van der Waals surface area (Å²) in [6.45, 7) is 2.57. The molecule has 1 aromatic carbocycles. The molecule has 1 aromatic rings. The highest BCUT2D eigenvalue weighted by molar-refractivity contribution is 7.92. The molecular formula is C18H23NO6S. The molecule has 0 saturated heterocycles. The highest BCUT2D eigenvalue weighted by atomic mass is 32.2. The smallest absolute Gasteiger partial charge is 0.358 e. The average molecular weight is 381 g/mol. The van der Waals surface area contributed by atoms with Gasteiger partial charge in [-0.25, -0.2) is 13.2 Å². The van der Waals surface area contributed by atoms with E-state index in [4.69, 9.17) is 9.57 Å². The first-order valence-electron chi connectivity index (χ1n) is 8.85. The highest BCUT2D eigenvalue weighted by Gasteiger charge is 2.36. The maximum atomic E-state index is 12.2. The van der Waals surface area contributed by atoms with E-state index < -0.39 is 15.8 Å². The minimum Gasteiger partial charge on any atom is -0.476 e. The van der Waals surface area contributed by atoms with Gasteiger partial charge in [0.15, 0.2) is 15.5 Å². The van der Waals surface area contributed by atoms with Crippen molar-refractivity contribution in [2.45, 2.75) is 61.4 Å².